The lowest BCUT2D eigenvalue weighted by atomic mass is 10.0. The molecule has 0 radical (unpaired) electrons. The highest BCUT2D eigenvalue weighted by Gasteiger charge is 2.39. The van der Waals surface area contributed by atoms with E-state index < -0.39 is 10.0 Å². The summed E-state index contributed by atoms with van der Waals surface area (Å²) in [7, 11) is -3.45. The van der Waals surface area contributed by atoms with E-state index in [9.17, 15) is 8.42 Å². The van der Waals surface area contributed by atoms with Gasteiger partial charge in [-0.25, -0.2) is 8.42 Å². The van der Waals surface area contributed by atoms with Crippen molar-refractivity contribution in [3.63, 3.8) is 0 Å². The molecule has 22 heavy (non-hydrogen) atoms. The Morgan fingerprint density at radius 1 is 1.00 bits per heavy atom. The highest BCUT2D eigenvalue weighted by Crippen LogP contribution is 2.39. The first-order valence-corrected chi connectivity index (χ1v) is 9.06. The summed E-state index contributed by atoms with van der Waals surface area (Å²) in [4.78, 5) is 0.383. The molecule has 0 aliphatic carbocycles. The molecular weight excluding hydrogens is 294 g/mol. The van der Waals surface area contributed by atoms with Crippen molar-refractivity contribution in [3.8, 4) is 0 Å². The van der Waals surface area contributed by atoms with Gasteiger partial charge in [0.1, 0.15) is 0 Å². The molecule has 0 bridgehead atoms. The Morgan fingerprint density at radius 3 is 2.27 bits per heavy atom. The molecule has 0 amide bonds. The van der Waals surface area contributed by atoms with Crippen LogP contribution in [0, 0.1) is 12.8 Å². The van der Waals surface area contributed by atoms with Crippen LogP contribution in [0.2, 0.25) is 0 Å². The zero-order chi connectivity index (χ0) is 15.7. The monoisotopic (exact) mass is 315 g/mol. The fourth-order valence-corrected chi connectivity index (χ4v) is 4.84. The summed E-state index contributed by atoms with van der Waals surface area (Å²) in [6.07, 6.45) is 0.870. The predicted octanol–water partition coefficient (Wildman–Crippen LogP) is 3.77. The van der Waals surface area contributed by atoms with Crippen LogP contribution >= 0.6 is 0 Å². The van der Waals surface area contributed by atoms with E-state index in [0.29, 0.717) is 17.4 Å². The van der Waals surface area contributed by atoms with Crippen molar-refractivity contribution in [2.24, 2.45) is 5.92 Å². The molecule has 3 nitrogen and oxygen atoms in total. The van der Waals surface area contributed by atoms with E-state index in [1.54, 1.807) is 16.4 Å². The van der Waals surface area contributed by atoms with Crippen LogP contribution in [0.1, 0.15) is 30.5 Å². The van der Waals surface area contributed by atoms with Gasteiger partial charge in [-0.3, -0.25) is 0 Å². The number of nitrogens with zero attached hydrogens (tertiary/aromatic N) is 1. The average Bonchev–Trinajstić information content (AvgIpc) is 2.91. The lowest BCUT2D eigenvalue weighted by Crippen LogP contribution is -2.31. The molecule has 0 aromatic heterocycles. The maximum absolute atomic E-state index is 13.0. The molecule has 2 aromatic rings. The summed E-state index contributed by atoms with van der Waals surface area (Å²) in [6.45, 7) is 4.65. The van der Waals surface area contributed by atoms with E-state index in [1.807, 2.05) is 49.4 Å². The molecule has 0 unspecified atom stereocenters. The van der Waals surface area contributed by atoms with Crippen LogP contribution in [0.4, 0.5) is 0 Å². The van der Waals surface area contributed by atoms with E-state index in [4.69, 9.17) is 0 Å². The Labute approximate surface area is 132 Å². The standard InChI is InChI=1S/C18H21NO2S/c1-14-8-10-17(11-9-14)22(20,21)19-13-15(2)12-18(19)16-6-4-3-5-7-16/h3-11,15,18H,12-13H2,1-2H3/t15-,18-/m0/s1. The van der Waals surface area contributed by atoms with Gasteiger partial charge in [-0.2, -0.15) is 4.31 Å². The number of benzene rings is 2. The van der Waals surface area contributed by atoms with Gasteiger partial charge in [0.2, 0.25) is 10.0 Å². The molecule has 1 aliphatic heterocycles. The van der Waals surface area contributed by atoms with Crippen LogP contribution in [0.15, 0.2) is 59.5 Å². The number of hydrogen-bond acceptors (Lipinski definition) is 2. The van der Waals surface area contributed by atoms with Crippen molar-refractivity contribution < 1.29 is 8.42 Å². The fourth-order valence-electron chi connectivity index (χ4n) is 3.10. The Bertz CT molecular complexity index is 738. The first-order valence-electron chi connectivity index (χ1n) is 7.62. The molecule has 0 saturated carbocycles. The Hall–Kier alpha value is -1.65. The van der Waals surface area contributed by atoms with Crippen molar-refractivity contribution in [1.82, 2.24) is 4.31 Å². The summed E-state index contributed by atoms with van der Waals surface area (Å²) in [5.74, 6) is 0.366. The van der Waals surface area contributed by atoms with Crippen LogP contribution in [0.5, 0.6) is 0 Å². The molecule has 3 rings (SSSR count). The summed E-state index contributed by atoms with van der Waals surface area (Å²) in [6, 6.07) is 17.0. The highest BCUT2D eigenvalue weighted by molar-refractivity contribution is 7.89. The Kier molecular flexibility index (Phi) is 4.06. The Morgan fingerprint density at radius 2 is 1.64 bits per heavy atom. The van der Waals surface area contributed by atoms with Gasteiger partial charge in [0.25, 0.3) is 0 Å². The molecule has 1 aliphatic rings. The summed E-state index contributed by atoms with van der Waals surface area (Å²) >= 11 is 0. The van der Waals surface area contributed by atoms with Gasteiger partial charge in [-0.05, 0) is 37.0 Å². The molecule has 2 aromatic carbocycles. The van der Waals surface area contributed by atoms with Crippen molar-refractivity contribution in [2.75, 3.05) is 6.54 Å². The number of aryl methyl sites for hydroxylation is 1. The lowest BCUT2D eigenvalue weighted by Gasteiger charge is -2.24. The lowest BCUT2D eigenvalue weighted by molar-refractivity contribution is 0.394. The van der Waals surface area contributed by atoms with Gasteiger partial charge in [0.15, 0.2) is 0 Å². The fraction of sp³-hybridized carbons (Fsp3) is 0.333. The minimum absolute atomic E-state index is 0.0671. The molecular formula is C18H21NO2S. The Balaban J connectivity index is 1.99. The first kappa shape index (κ1) is 15.3. The summed E-state index contributed by atoms with van der Waals surface area (Å²) in [5.41, 5.74) is 2.14. The van der Waals surface area contributed by atoms with Crippen LogP contribution < -0.4 is 0 Å². The normalized spacial score (nSPS) is 22.8. The number of sulfonamides is 1. The first-order chi connectivity index (χ1) is 10.5. The summed E-state index contributed by atoms with van der Waals surface area (Å²) < 4.78 is 27.7. The van der Waals surface area contributed by atoms with Crippen LogP contribution in [0.3, 0.4) is 0 Å². The molecule has 0 N–H and O–H groups in total. The third-order valence-corrected chi connectivity index (χ3v) is 6.17. The van der Waals surface area contributed by atoms with Gasteiger partial charge in [0, 0.05) is 6.54 Å². The van der Waals surface area contributed by atoms with Gasteiger partial charge in [-0.1, -0.05) is 55.0 Å². The molecule has 1 fully saturated rings. The SMILES string of the molecule is Cc1ccc(S(=O)(=O)N2C[C@@H](C)C[C@H]2c2ccccc2)cc1. The second kappa shape index (κ2) is 5.86. The quantitative estimate of drug-likeness (QED) is 0.864. The van der Waals surface area contributed by atoms with Gasteiger partial charge in [-0.15, -0.1) is 0 Å². The van der Waals surface area contributed by atoms with Crippen LogP contribution in [0.25, 0.3) is 0 Å². The summed E-state index contributed by atoms with van der Waals surface area (Å²) in [5, 5.41) is 0. The second-order valence-electron chi connectivity index (χ2n) is 6.16. The molecule has 1 saturated heterocycles. The molecule has 0 spiro atoms. The van der Waals surface area contributed by atoms with Crippen molar-refractivity contribution in [1.29, 1.82) is 0 Å². The third kappa shape index (κ3) is 2.81. The smallest absolute Gasteiger partial charge is 0.207 e. The molecule has 4 heteroatoms. The zero-order valence-electron chi connectivity index (χ0n) is 12.9. The van der Waals surface area contributed by atoms with Crippen molar-refractivity contribution >= 4 is 10.0 Å². The second-order valence-corrected chi connectivity index (χ2v) is 8.05. The third-order valence-electron chi connectivity index (χ3n) is 4.28. The van der Waals surface area contributed by atoms with E-state index in [0.717, 1.165) is 17.5 Å². The van der Waals surface area contributed by atoms with Gasteiger partial charge >= 0.3 is 0 Å². The number of rotatable bonds is 3. The maximum atomic E-state index is 13.0. The van der Waals surface area contributed by atoms with Crippen molar-refractivity contribution in [2.45, 2.75) is 31.2 Å². The highest BCUT2D eigenvalue weighted by atomic mass is 32.2. The predicted molar refractivity (Wildman–Crippen MR) is 88.0 cm³/mol. The van der Waals surface area contributed by atoms with E-state index in [-0.39, 0.29) is 6.04 Å². The maximum Gasteiger partial charge on any atom is 0.243 e. The molecule has 116 valence electrons. The molecule has 2 atom stereocenters. The van der Waals surface area contributed by atoms with E-state index >= 15 is 0 Å². The average molecular weight is 315 g/mol. The van der Waals surface area contributed by atoms with Crippen molar-refractivity contribution in [3.05, 3.63) is 65.7 Å². The minimum Gasteiger partial charge on any atom is -0.207 e. The van der Waals surface area contributed by atoms with Crippen LogP contribution in [-0.2, 0) is 10.0 Å². The largest absolute Gasteiger partial charge is 0.243 e. The zero-order valence-corrected chi connectivity index (χ0v) is 13.8. The minimum atomic E-state index is -3.45. The number of hydrogen-bond donors (Lipinski definition) is 0. The van der Waals surface area contributed by atoms with Crippen LogP contribution in [-0.4, -0.2) is 19.3 Å². The molecule has 1 heterocycles. The van der Waals surface area contributed by atoms with Gasteiger partial charge < -0.3 is 0 Å². The topological polar surface area (TPSA) is 37.4 Å². The van der Waals surface area contributed by atoms with Gasteiger partial charge in [0.05, 0.1) is 10.9 Å². The van der Waals surface area contributed by atoms with E-state index in [1.165, 1.54) is 0 Å². The van der Waals surface area contributed by atoms with E-state index in [2.05, 4.69) is 6.92 Å².